The van der Waals surface area contributed by atoms with Crippen molar-refractivity contribution < 1.29 is 19.0 Å². The molecule has 1 saturated carbocycles. The van der Waals surface area contributed by atoms with Gasteiger partial charge in [0.1, 0.15) is 0 Å². The summed E-state index contributed by atoms with van der Waals surface area (Å²) in [5, 5.41) is 0. The molecule has 1 aliphatic carbocycles. The van der Waals surface area contributed by atoms with E-state index in [9.17, 15) is 4.79 Å². The molecule has 98 valence electrons. The van der Waals surface area contributed by atoms with Gasteiger partial charge in [-0.3, -0.25) is 4.79 Å². The van der Waals surface area contributed by atoms with Crippen molar-refractivity contribution in [1.29, 1.82) is 0 Å². The normalized spacial score (nSPS) is 15.9. The summed E-state index contributed by atoms with van der Waals surface area (Å²) < 4.78 is 15.6. The van der Waals surface area contributed by atoms with Gasteiger partial charge in [0.2, 0.25) is 0 Å². The van der Waals surface area contributed by atoms with Crippen molar-refractivity contribution in [3.8, 4) is 11.5 Å². The molecule has 0 amide bonds. The van der Waals surface area contributed by atoms with E-state index in [4.69, 9.17) is 14.2 Å². The highest BCUT2D eigenvalue weighted by atomic mass is 16.5. The van der Waals surface area contributed by atoms with Gasteiger partial charge in [-0.2, -0.15) is 0 Å². The van der Waals surface area contributed by atoms with Crippen molar-refractivity contribution in [2.75, 3.05) is 20.8 Å². The van der Waals surface area contributed by atoms with Crippen molar-refractivity contribution in [1.82, 2.24) is 0 Å². The molecular formula is C14H18O4. The molecule has 0 N–H and O–H groups in total. The van der Waals surface area contributed by atoms with Gasteiger partial charge in [0.05, 0.1) is 26.2 Å². The van der Waals surface area contributed by atoms with Gasteiger partial charge in [-0.15, -0.1) is 0 Å². The molecule has 0 aliphatic heterocycles. The number of hydrogen-bond donors (Lipinski definition) is 0. The molecule has 0 bridgehead atoms. The van der Waals surface area contributed by atoms with Crippen molar-refractivity contribution >= 4 is 5.97 Å². The fourth-order valence-electron chi connectivity index (χ4n) is 2.17. The molecule has 0 radical (unpaired) electrons. The quantitative estimate of drug-likeness (QED) is 0.752. The summed E-state index contributed by atoms with van der Waals surface area (Å²) in [6.07, 6.45) is 1.66. The molecule has 1 aromatic rings. The highest BCUT2D eigenvalue weighted by Crippen LogP contribution is 2.50. The monoisotopic (exact) mass is 250 g/mol. The van der Waals surface area contributed by atoms with Crippen molar-refractivity contribution in [3.63, 3.8) is 0 Å². The fraction of sp³-hybridized carbons (Fsp3) is 0.500. The number of benzene rings is 1. The second kappa shape index (κ2) is 4.88. The Hall–Kier alpha value is -1.71. The third-order valence-corrected chi connectivity index (χ3v) is 3.34. The first-order valence-electron chi connectivity index (χ1n) is 6.07. The smallest absolute Gasteiger partial charge is 0.316 e. The van der Waals surface area contributed by atoms with Crippen LogP contribution in [0.4, 0.5) is 0 Å². The van der Waals surface area contributed by atoms with E-state index in [2.05, 4.69) is 0 Å². The van der Waals surface area contributed by atoms with Crippen LogP contribution in [0.2, 0.25) is 0 Å². The number of methoxy groups -OCH3 is 2. The highest BCUT2D eigenvalue weighted by Gasteiger charge is 2.52. The molecule has 0 spiro atoms. The summed E-state index contributed by atoms with van der Waals surface area (Å²) in [6, 6.07) is 5.63. The standard InChI is InChI=1S/C14H18O4/c1-4-18-11-6-5-10(9-12(11)16-2)14(7-8-14)13(15)17-3/h5-6,9H,4,7-8H2,1-3H3. The fourth-order valence-corrected chi connectivity index (χ4v) is 2.17. The lowest BCUT2D eigenvalue weighted by molar-refractivity contribution is -0.143. The van der Waals surface area contributed by atoms with Crippen molar-refractivity contribution in [2.45, 2.75) is 25.2 Å². The van der Waals surface area contributed by atoms with Crippen molar-refractivity contribution in [3.05, 3.63) is 23.8 Å². The maximum Gasteiger partial charge on any atom is 0.316 e. The van der Waals surface area contributed by atoms with Gasteiger partial charge in [-0.1, -0.05) is 6.07 Å². The average Bonchev–Trinajstić information content (AvgIpc) is 3.20. The van der Waals surface area contributed by atoms with Crippen LogP contribution in [0.15, 0.2) is 18.2 Å². The lowest BCUT2D eigenvalue weighted by atomic mass is 9.96. The molecular weight excluding hydrogens is 232 g/mol. The SMILES string of the molecule is CCOc1ccc(C2(C(=O)OC)CC2)cc1OC. The predicted octanol–water partition coefficient (Wildman–Crippen LogP) is 2.30. The maximum atomic E-state index is 11.8. The minimum atomic E-state index is -0.466. The van der Waals surface area contributed by atoms with Crippen LogP contribution in [-0.4, -0.2) is 26.8 Å². The minimum absolute atomic E-state index is 0.172. The molecule has 0 heterocycles. The predicted molar refractivity (Wildman–Crippen MR) is 67.1 cm³/mol. The van der Waals surface area contributed by atoms with Crippen molar-refractivity contribution in [2.24, 2.45) is 0 Å². The Morgan fingerprint density at radius 1 is 1.28 bits per heavy atom. The molecule has 0 saturated heterocycles. The molecule has 1 aromatic carbocycles. The van der Waals surface area contributed by atoms with Crippen LogP contribution in [0, 0.1) is 0 Å². The Kier molecular flexibility index (Phi) is 3.45. The molecule has 4 heteroatoms. The summed E-state index contributed by atoms with van der Waals surface area (Å²) in [5.74, 6) is 1.18. The van der Waals surface area contributed by atoms with Gasteiger partial charge >= 0.3 is 5.97 Å². The first-order chi connectivity index (χ1) is 8.67. The van der Waals surface area contributed by atoms with Gasteiger partial charge in [0, 0.05) is 0 Å². The Labute approximate surface area is 107 Å². The van der Waals surface area contributed by atoms with Crippen LogP contribution in [0.5, 0.6) is 11.5 Å². The summed E-state index contributed by atoms with van der Waals surface area (Å²) in [5.41, 5.74) is 0.474. The van der Waals surface area contributed by atoms with Gasteiger partial charge < -0.3 is 14.2 Å². The first-order valence-corrected chi connectivity index (χ1v) is 6.07. The van der Waals surface area contributed by atoms with E-state index in [0.717, 1.165) is 18.4 Å². The van der Waals surface area contributed by atoms with E-state index in [1.54, 1.807) is 7.11 Å². The first kappa shape index (κ1) is 12.7. The van der Waals surface area contributed by atoms with E-state index < -0.39 is 5.41 Å². The van der Waals surface area contributed by atoms with Gasteiger partial charge in [0.15, 0.2) is 11.5 Å². The second-order valence-electron chi connectivity index (χ2n) is 4.37. The zero-order chi connectivity index (χ0) is 13.2. The molecule has 1 fully saturated rings. The molecule has 2 rings (SSSR count). The Balaban J connectivity index is 2.33. The molecule has 0 atom stereocenters. The van der Waals surface area contributed by atoms with E-state index in [0.29, 0.717) is 18.1 Å². The Bertz CT molecular complexity index is 449. The minimum Gasteiger partial charge on any atom is -0.493 e. The topological polar surface area (TPSA) is 44.8 Å². The summed E-state index contributed by atoms with van der Waals surface area (Å²) >= 11 is 0. The third kappa shape index (κ3) is 2.03. The van der Waals surface area contributed by atoms with Crippen LogP contribution < -0.4 is 9.47 Å². The summed E-state index contributed by atoms with van der Waals surface area (Å²) in [7, 11) is 3.02. The molecule has 18 heavy (non-hydrogen) atoms. The zero-order valence-corrected chi connectivity index (χ0v) is 11.0. The van der Waals surface area contributed by atoms with E-state index >= 15 is 0 Å². The van der Waals surface area contributed by atoms with Crippen LogP contribution in [0.25, 0.3) is 0 Å². The van der Waals surface area contributed by atoms with Crippen LogP contribution in [0.3, 0.4) is 0 Å². The second-order valence-corrected chi connectivity index (χ2v) is 4.37. The van der Waals surface area contributed by atoms with E-state index in [1.807, 2.05) is 25.1 Å². The molecule has 0 unspecified atom stereocenters. The summed E-state index contributed by atoms with van der Waals surface area (Å²) in [6.45, 7) is 2.50. The van der Waals surface area contributed by atoms with Crippen LogP contribution in [-0.2, 0) is 14.9 Å². The van der Waals surface area contributed by atoms with Crippen LogP contribution >= 0.6 is 0 Å². The number of hydrogen-bond acceptors (Lipinski definition) is 4. The number of esters is 1. The van der Waals surface area contributed by atoms with Crippen LogP contribution in [0.1, 0.15) is 25.3 Å². The van der Waals surface area contributed by atoms with Gasteiger partial charge in [-0.05, 0) is 37.5 Å². The van der Waals surface area contributed by atoms with Gasteiger partial charge in [0.25, 0.3) is 0 Å². The lowest BCUT2D eigenvalue weighted by Gasteiger charge is -2.16. The number of rotatable bonds is 5. The summed E-state index contributed by atoms with van der Waals surface area (Å²) in [4.78, 5) is 11.8. The van der Waals surface area contributed by atoms with Gasteiger partial charge in [-0.25, -0.2) is 0 Å². The number of ether oxygens (including phenoxy) is 3. The average molecular weight is 250 g/mol. The Morgan fingerprint density at radius 2 is 2.00 bits per heavy atom. The largest absolute Gasteiger partial charge is 0.493 e. The van der Waals surface area contributed by atoms with E-state index in [-0.39, 0.29) is 5.97 Å². The van der Waals surface area contributed by atoms with E-state index in [1.165, 1.54) is 7.11 Å². The third-order valence-electron chi connectivity index (χ3n) is 3.34. The number of carbonyl (C=O) groups excluding carboxylic acids is 1. The molecule has 4 nitrogen and oxygen atoms in total. The molecule has 0 aromatic heterocycles. The zero-order valence-electron chi connectivity index (χ0n) is 11.0. The molecule has 1 aliphatic rings. The maximum absolute atomic E-state index is 11.8. The number of carbonyl (C=O) groups is 1. The lowest BCUT2D eigenvalue weighted by Crippen LogP contribution is -2.21. The highest BCUT2D eigenvalue weighted by molar-refractivity contribution is 5.86. The Morgan fingerprint density at radius 3 is 2.50 bits per heavy atom.